The molecule has 0 spiro atoms. The predicted octanol–water partition coefficient (Wildman–Crippen LogP) is 3.24. The molecule has 29 heavy (non-hydrogen) atoms. The van der Waals surface area contributed by atoms with Gasteiger partial charge in [-0.2, -0.15) is 0 Å². The van der Waals surface area contributed by atoms with E-state index in [4.69, 9.17) is 4.74 Å². The Labute approximate surface area is 171 Å². The topological polar surface area (TPSA) is 66.8 Å². The average molecular weight is 396 g/mol. The van der Waals surface area contributed by atoms with Gasteiger partial charge in [0.2, 0.25) is 5.91 Å². The summed E-state index contributed by atoms with van der Waals surface area (Å²) in [5.74, 6) is 0.655. The number of urea groups is 1. The molecule has 1 saturated carbocycles. The van der Waals surface area contributed by atoms with E-state index < -0.39 is 0 Å². The molecular formula is C22H28N4O3. The molecule has 154 valence electrons. The van der Waals surface area contributed by atoms with Crippen LogP contribution in [0, 0.1) is 0 Å². The normalized spacial score (nSPS) is 12.9. The molecule has 7 nitrogen and oxygen atoms in total. The summed E-state index contributed by atoms with van der Waals surface area (Å²) in [7, 11) is 3.56. The quantitative estimate of drug-likeness (QED) is 0.662. The van der Waals surface area contributed by atoms with Gasteiger partial charge in [0, 0.05) is 37.2 Å². The predicted molar refractivity (Wildman–Crippen MR) is 113 cm³/mol. The summed E-state index contributed by atoms with van der Waals surface area (Å²) in [4.78, 5) is 29.1. The molecule has 3 rings (SSSR count). The van der Waals surface area contributed by atoms with Crippen molar-refractivity contribution < 1.29 is 14.3 Å². The van der Waals surface area contributed by atoms with E-state index in [1.165, 1.54) is 4.90 Å². The van der Waals surface area contributed by atoms with Crippen molar-refractivity contribution in [2.45, 2.75) is 25.4 Å². The second-order valence-electron chi connectivity index (χ2n) is 7.19. The Kier molecular flexibility index (Phi) is 6.59. The maximum atomic E-state index is 13.0. The van der Waals surface area contributed by atoms with Crippen LogP contribution in [0.25, 0.3) is 0 Å². The van der Waals surface area contributed by atoms with E-state index in [9.17, 15) is 9.59 Å². The number of rotatable bonds is 9. The van der Waals surface area contributed by atoms with Crippen molar-refractivity contribution in [2.75, 3.05) is 25.5 Å². The second kappa shape index (κ2) is 9.32. The monoisotopic (exact) mass is 396 g/mol. The summed E-state index contributed by atoms with van der Waals surface area (Å²) in [6.07, 6.45) is 5.61. The molecule has 2 aromatic rings. The molecular weight excluding hydrogens is 368 g/mol. The Hall–Kier alpha value is -3.22. The van der Waals surface area contributed by atoms with Crippen LogP contribution in [-0.4, -0.2) is 52.5 Å². The zero-order valence-corrected chi connectivity index (χ0v) is 17.0. The first-order valence-electron chi connectivity index (χ1n) is 9.72. The highest BCUT2D eigenvalue weighted by molar-refractivity contribution is 5.92. The van der Waals surface area contributed by atoms with Gasteiger partial charge in [0.15, 0.2) is 0 Å². The maximum Gasteiger partial charge on any atom is 0.322 e. The van der Waals surface area contributed by atoms with Crippen molar-refractivity contribution in [3.8, 4) is 5.75 Å². The van der Waals surface area contributed by atoms with E-state index in [1.807, 2.05) is 34.8 Å². The number of carbonyl (C=O) groups excluding carboxylic acids is 2. The van der Waals surface area contributed by atoms with Crippen LogP contribution in [0.5, 0.6) is 5.75 Å². The number of benzene rings is 1. The van der Waals surface area contributed by atoms with Crippen LogP contribution in [0.15, 0.2) is 55.3 Å². The van der Waals surface area contributed by atoms with E-state index >= 15 is 0 Å². The highest BCUT2D eigenvalue weighted by atomic mass is 16.5. The number of anilines is 1. The van der Waals surface area contributed by atoms with Gasteiger partial charge in [0.1, 0.15) is 12.3 Å². The highest BCUT2D eigenvalue weighted by Gasteiger charge is 2.34. The number of nitrogens with one attached hydrogen (secondary N) is 1. The van der Waals surface area contributed by atoms with Gasteiger partial charge in [0.25, 0.3) is 0 Å². The molecule has 0 unspecified atom stereocenters. The summed E-state index contributed by atoms with van der Waals surface area (Å²) in [5.41, 5.74) is 1.71. The molecule has 7 heteroatoms. The molecule has 0 radical (unpaired) electrons. The molecule has 1 aliphatic rings. The van der Waals surface area contributed by atoms with Crippen LogP contribution in [0.3, 0.4) is 0 Å². The summed E-state index contributed by atoms with van der Waals surface area (Å²) >= 11 is 0. The number of amides is 3. The molecule has 0 bridgehead atoms. The van der Waals surface area contributed by atoms with Crippen molar-refractivity contribution in [1.29, 1.82) is 0 Å². The maximum absolute atomic E-state index is 13.0. The van der Waals surface area contributed by atoms with Crippen molar-refractivity contribution >= 4 is 17.6 Å². The van der Waals surface area contributed by atoms with Gasteiger partial charge in [-0.05, 0) is 49.2 Å². The third kappa shape index (κ3) is 5.40. The number of aryl methyl sites for hydroxylation is 1. The molecule has 1 aliphatic carbocycles. The number of hydrogen-bond donors (Lipinski definition) is 1. The molecule has 1 heterocycles. The van der Waals surface area contributed by atoms with Gasteiger partial charge < -0.3 is 24.4 Å². The average Bonchev–Trinajstić information content (AvgIpc) is 3.48. The van der Waals surface area contributed by atoms with Gasteiger partial charge in [-0.15, -0.1) is 6.58 Å². The lowest BCUT2D eigenvalue weighted by Crippen LogP contribution is -2.45. The summed E-state index contributed by atoms with van der Waals surface area (Å²) in [6.45, 7) is 4.57. The molecule has 0 atom stereocenters. The Bertz CT molecular complexity index is 855. The van der Waals surface area contributed by atoms with Crippen LogP contribution in [-0.2, 0) is 18.4 Å². The Morgan fingerprint density at radius 3 is 2.55 bits per heavy atom. The minimum atomic E-state index is -0.335. The van der Waals surface area contributed by atoms with Gasteiger partial charge >= 0.3 is 6.03 Å². The number of methoxy groups -OCH3 is 1. The molecule has 1 fully saturated rings. The Morgan fingerprint density at radius 2 is 2.00 bits per heavy atom. The number of carbonyl (C=O) groups is 2. The van der Waals surface area contributed by atoms with Crippen LogP contribution in [0.2, 0.25) is 0 Å². The minimum Gasteiger partial charge on any atom is -0.497 e. The van der Waals surface area contributed by atoms with E-state index in [1.54, 1.807) is 37.5 Å². The summed E-state index contributed by atoms with van der Waals surface area (Å²) in [6, 6.07) is 11.0. The zero-order valence-electron chi connectivity index (χ0n) is 17.0. The standard InChI is InChI=1S/C22H28N4O3/c1-4-13-25(22(28)23-17-7-11-20(29-3)12-8-17)16-21(27)26(18-9-10-18)15-19-6-5-14-24(19)2/h4-8,11-12,14,18H,1,9-10,13,15-16H2,2-3H3,(H,23,28). The van der Waals surface area contributed by atoms with Gasteiger partial charge in [-0.3, -0.25) is 4.79 Å². The molecule has 1 aromatic heterocycles. The van der Waals surface area contributed by atoms with E-state index in [0.29, 0.717) is 18.0 Å². The summed E-state index contributed by atoms with van der Waals surface area (Å²) in [5, 5.41) is 2.83. The second-order valence-corrected chi connectivity index (χ2v) is 7.19. The molecule has 3 amide bonds. The van der Waals surface area contributed by atoms with Gasteiger partial charge in [-0.1, -0.05) is 6.08 Å². The number of ether oxygens (including phenoxy) is 1. The third-order valence-corrected chi connectivity index (χ3v) is 5.00. The van der Waals surface area contributed by atoms with Crippen LogP contribution < -0.4 is 10.1 Å². The Morgan fingerprint density at radius 1 is 1.28 bits per heavy atom. The van der Waals surface area contributed by atoms with E-state index in [2.05, 4.69) is 11.9 Å². The highest BCUT2D eigenvalue weighted by Crippen LogP contribution is 2.28. The molecule has 1 aromatic carbocycles. The lowest BCUT2D eigenvalue weighted by molar-refractivity contribution is -0.133. The zero-order chi connectivity index (χ0) is 20.8. The number of hydrogen-bond acceptors (Lipinski definition) is 3. The first kappa shape index (κ1) is 20.5. The molecule has 0 aliphatic heterocycles. The fourth-order valence-corrected chi connectivity index (χ4v) is 3.15. The molecule has 1 N–H and O–H groups in total. The lowest BCUT2D eigenvalue weighted by Gasteiger charge is -2.27. The fraction of sp³-hybridized carbons (Fsp3) is 0.364. The molecule has 0 saturated heterocycles. The van der Waals surface area contributed by atoms with Crippen molar-refractivity contribution in [3.63, 3.8) is 0 Å². The fourth-order valence-electron chi connectivity index (χ4n) is 3.15. The number of nitrogens with zero attached hydrogens (tertiary/aromatic N) is 3. The summed E-state index contributed by atoms with van der Waals surface area (Å²) < 4.78 is 7.14. The SMILES string of the molecule is C=CCN(CC(=O)N(Cc1cccn1C)C1CC1)C(=O)Nc1ccc(OC)cc1. The van der Waals surface area contributed by atoms with Gasteiger partial charge in [0.05, 0.1) is 13.7 Å². The largest absolute Gasteiger partial charge is 0.497 e. The number of aromatic nitrogens is 1. The first-order valence-corrected chi connectivity index (χ1v) is 9.72. The van der Waals surface area contributed by atoms with Crippen LogP contribution in [0.1, 0.15) is 18.5 Å². The lowest BCUT2D eigenvalue weighted by atomic mass is 10.3. The van der Waals surface area contributed by atoms with Gasteiger partial charge in [-0.25, -0.2) is 4.79 Å². The third-order valence-electron chi connectivity index (χ3n) is 5.00. The van der Waals surface area contributed by atoms with Crippen LogP contribution >= 0.6 is 0 Å². The Balaban J connectivity index is 1.65. The minimum absolute atomic E-state index is 0.00886. The van der Waals surface area contributed by atoms with E-state index in [-0.39, 0.29) is 31.1 Å². The van der Waals surface area contributed by atoms with Crippen molar-refractivity contribution in [1.82, 2.24) is 14.4 Å². The van der Waals surface area contributed by atoms with E-state index in [0.717, 1.165) is 18.5 Å². The smallest absolute Gasteiger partial charge is 0.322 e. The van der Waals surface area contributed by atoms with Crippen molar-refractivity contribution in [2.24, 2.45) is 7.05 Å². The first-order chi connectivity index (χ1) is 14.0. The van der Waals surface area contributed by atoms with Crippen LogP contribution in [0.4, 0.5) is 10.5 Å². The van der Waals surface area contributed by atoms with Crippen molar-refractivity contribution in [3.05, 3.63) is 60.9 Å².